The number of nitrogen functional groups attached to an aromatic ring is 1. The van der Waals surface area contributed by atoms with Crippen LogP contribution in [0.25, 0.3) is 0 Å². The van der Waals surface area contributed by atoms with Crippen molar-refractivity contribution < 1.29 is 9.53 Å². The molecule has 0 fully saturated rings. The number of ether oxygens (including phenoxy) is 1. The van der Waals surface area contributed by atoms with Gasteiger partial charge in [0.25, 0.3) is 11.5 Å². The van der Waals surface area contributed by atoms with Crippen molar-refractivity contribution in [2.45, 2.75) is 20.4 Å². The molecular formula is C22H24N4O4. The number of aromatic amines is 1. The van der Waals surface area contributed by atoms with Gasteiger partial charge in [-0.15, -0.1) is 0 Å². The number of carbonyl (C=O) groups excluding carboxylic acids is 1. The van der Waals surface area contributed by atoms with Crippen molar-refractivity contribution in [3.05, 3.63) is 86.6 Å². The Morgan fingerprint density at radius 3 is 2.53 bits per heavy atom. The molecule has 0 aliphatic rings. The fourth-order valence-corrected chi connectivity index (χ4v) is 3.15. The zero-order valence-corrected chi connectivity index (χ0v) is 16.9. The maximum Gasteiger partial charge on any atom is 0.330 e. The third kappa shape index (κ3) is 4.60. The molecule has 1 amide bonds. The summed E-state index contributed by atoms with van der Waals surface area (Å²) in [5.74, 6) is 0.0369. The number of carbonyl (C=O) groups is 1. The van der Waals surface area contributed by atoms with Crippen LogP contribution in [-0.2, 0) is 11.3 Å². The smallest absolute Gasteiger partial charge is 0.330 e. The molecular weight excluding hydrogens is 384 g/mol. The molecule has 8 nitrogen and oxygen atoms in total. The van der Waals surface area contributed by atoms with Gasteiger partial charge in [0, 0.05) is 6.54 Å². The molecule has 3 aromatic rings. The molecule has 0 radical (unpaired) electrons. The van der Waals surface area contributed by atoms with Crippen molar-refractivity contribution in [2.75, 3.05) is 23.8 Å². The Bertz CT molecular complexity index is 1150. The van der Waals surface area contributed by atoms with Gasteiger partial charge < -0.3 is 15.4 Å². The van der Waals surface area contributed by atoms with Crippen LogP contribution < -0.4 is 26.6 Å². The standard InChI is InChI=1S/C22H24N4O4/c1-3-25(18(27)14-30-17-11-7-8-15(2)12-17)19-20(23)26(22(29)24-21(19)28)13-16-9-5-4-6-10-16/h4-12H,3,13-14,23H2,1-2H3,(H,24,28,29). The highest BCUT2D eigenvalue weighted by Crippen LogP contribution is 2.19. The number of hydrogen-bond donors (Lipinski definition) is 2. The highest BCUT2D eigenvalue weighted by Gasteiger charge is 2.23. The first-order chi connectivity index (χ1) is 14.4. The van der Waals surface area contributed by atoms with E-state index in [2.05, 4.69) is 4.98 Å². The van der Waals surface area contributed by atoms with Crippen LogP contribution in [0.4, 0.5) is 11.5 Å². The van der Waals surface area contributed by atoms with Crippen LogP contribution in [0.3, 0.4) is 0 Å². The number of rotatable bonds is 7. The SMILES string of the molecule is CCN(C(=O)COc1cccc(C)c1)c1c(N)n(Cc2ccccc2)c(=O)[nH]c1=O. The molecule has 156 valence electrons. The summed E-state index contributed by atoms with van der Waals surface area (Å²) in [6.07, 6.45) is 0. The molecule has 2 aromatic carbocycles. The van der Waals surface area contributed by atoms with Crippen LogP contribution in [0.15, 0.2) is 64.2 Å². The number of amides is 1. The van der Waals surface area contributed by atoms with Gasteiger partial charge in [-0.1, -0.05) is 42.5 Å². The number of H-pyrrole nitrogens is 1. The number of nitrogens with two attached hydrogens (primary N) is 1. The largest absolute Gasteiger partial charge is 0.484 e. The summed E-state index contributed by atoms with van der Waals surface area (Å²) in [4.78, 5) is 41.1. The van der Waals surface area contributed by atoms with E-state index in [0.717, 1.165) is 11.1 Å². The van der Waals surface area contributed by atoms with Gasteiger partial charge in [0.05, 0.1) is 6.54 Å². The maximum absolute atomic E-state index is 12.8. The zero-order chi connectivity index (χ0) is 21.7. The van der Waals surface area contributed by atoms with Gasteiger partial charge >= 0.3 is 5.69 Å². The Morgan fingerprint density at radius 1 is 1.13 bits per heavy atom. The molecule has 30 heavy (non-hydrogen) atoms. The zero-order valence-electron chi connectivity index (χ0n) is 16.9. The fraction of sp³-hybridized carbons (Fsp3) is 0.227. The van der Waals surface area contributed by atoms with Gasteiger partial charge in [0.15, 0.2) is 12.3 Å². The second-order valence-electron chi connectivity index (χ2n) is 6.81. The number of aryl methyl sites for hydroxylation is 1. The summed E-state index contributed by atoms with van der Waals surface area (Å²) >= 11 is 0. The first kappa shape index (κ1) is 20.9. The van der Waals surface area contributed by atoms with E-state index in [4.69, 9.17) is 10.5 Å². The molecule has 0 spiro atoms. The summed E-state index contributed by atoms with van der Waals surface area (Å²) in [5, 5.41) is 0. The molecule has 0 bridgehead atoms. The molecule has 0 unspecified atom stereocenters. The Morgan fingerprint density at radius 2 is 1.87 bits per heavy atom. The predicted octanol–water partition coefficient (Wildman–Crippen LogP) is 1.91. The minimum atomic E-state index is -0.715. The predicted molar refractivity (Wildman–Crippen MR) is 116 cm³/mol. The lowest BCUT2D eigenvalue weighted by molar-refractivity contribution is -0.120. The Kier molecular flexibility index (Phi) is 6.36. The van der Waals surface area contributed by atoms with Gasteiger partial charge in [-0.25, -0.2) is 4.79 Å². The van der Waals surface area contributed by atoms with Gasteiger partial charge in [-0.2, -0.15) is 0 Å². The number of anilines is 2. The maximum atomic E-state index is 12.8. The number of likely N-dealkylation sites (N-methyl/N-ethyl adjacent to an activating group) is 1. The number of aromatic nitrogens is 2. The number of nitrogens with zero attached hydrogens (tertiary/aromatic N) is 2. The van der Waals surface area contributed by atoms with Crippen LogP contribution in [0.2, 0.25) is 0 Å². The molecule has 0 aliphatic carbocycles. The van der Waals surface area contributed by atoms with Gasteiger partial charge in [0.2, 0.25) is 0 Å². The van der Waals surface area contributed by atoms with Crippen LogP contribution in [0.5, 0.6) is 5.75 Å². The quantitative estimate of drug-likeness (QED) is 0.620. The van der Waals surface area contributed by atoms with Crippen LogP contribution in [0, 0.1) is 6.92 Å². The van der Waals surface area contributed by atoms with E-state index >= 15 is 0 Å². The molecule has 8 heteroatoms. The van der Waals surface area contributed by atoms with E-state index in [1.807, 2.05) is 55.5 Å². The molecule has 0 aliphatic heterocycles. The molecule has 1 heterocycles. The molecule has 1 aromatic heterocycles. The minimum Gasteiger partial charge on any atom is -0.484 e. The lowest BCUT2D eigenvalue weighted by Gasteiger charge is -2.23. The Balaban J connectivity index is 1.89. The second-order valence-corrected chi connectivity index (χ2v) is 6.81. The summed E-state index contributed by atoms with van der Waals surface area (Å²) < 4.78 is 6.81. The van der Waals surface area contributed by atoms with E-state index < -0.39 is 17.2 Å². The topological polar surface area (TPSA) is 110 Å². The van der Waals surface area contributed by atoms with Crippen molar-refractivity contribution in [3.63, 3.8) is 0 Å². The third-order valence-corrected chi connectivity index (χ3v) is 4.64. The second kappa shape index (κ2) is 9.13. The van der Waals surface area contributed by atoms with Crippen molar-refractivity contribution in [1.82, 2.24) is 9.55 Å². The Labute approximate surface area is 173 Å². The van der Waals surface area contributed by atoms with E-state index in [-0.39, 0.29) is 31.2 Å². The normalized spacial score (nSPS) is 10.6. The number of nitrogens with one attached hydrogen (secondary N) is 1. The average molecular weight is 408 g/mol. The van der Waals surface area contributed by atoms with E-state index in [1.54, 1.807) is 13.0 Å². The minimum absolute atomic E-state index is 0.0640. The first-order valence-electron chi connectivity index (χ1n) is 9.57. The van der Waals surface area contributed by atoms with Crippen LogP contribution in [0.1, 0.15) is 18.1 Å². The van der Waals surface area contributed by atoms with Crippen molar-refractivity contribution >= 4 is 17.4 Å². The van der Waals surface area contributed by atoms with Gasteiger partial charge in [-0.3, -0.25) is 19.1 Å². The summed E-state index contributed by atoms with van der Waals surface area (Å²) in [6, 6.07) is 16.5. The average Bonchev–Trinajstić information content (AvgIpc) is 2.73. The lowest BCUT2D eigenvalue weighted by Crippen LogP contribution is -2.42. The fourth-order valence-electron chi connectivity index (χ4n) is 3.15. The molecule has 0 atom stereocenters. The van der Waals surface area contributed by atoms with Crippen LogP contribution in [-0.4, -0.2) is 28.6 Å². The van der Waals surface area contributed by atoms with Gasteiger partial charge in [-0.05, 0) is 37.1 Å². The molecule has 0 saturated carbocycles. The van der Waals surface area contributed by atoms with Crippen LogP contribution >= 0.6 is 0 Å². The molecule has 3 N–H and O–H groups in total. The van der Waals surface area contributed by atoms with Gasteiger partial charge in [0.1, 0.15) is 11.6 Å². The summed E-state index contributed by atoms with van der Waals surface area (Å²) in [5.41, 5.74) is 6.60. The van der Waals surface area contributed by atoms with Crippen molar-refractivity contribution in [2.24, 2.45) is 0 Å². The Hall–Kier alpha value is -3.81. The summed E-state index contributed by atoms with van der Waals surface area (Å²) in [7, 11) is 0. The highest BCUT2D eigenvalue weighted by atomic mass is 16.5. The van der Waals surface area contributed by atoms with Crippen molar-refractivity contribution in [1.29, 1.82) is 0 Å². The summed E-state index contributed by atoms with van der Waals surface area (Å²) in [6.45, 7) is 3.72. The highest BCUT2D eigenvalue weighted by molar-refractivity contribution is 5.96. The lowest BCUT2D eigenvalue weighted by atomic mass is 10.2. The van der Waals surface area contributed by atoms with E-state index in [0.29, 0.717) is 5.75 Å². The molecule has 3 rings (SSSR count). The van der Waals surface area contributed by atoms with Crippen molar-refractivity contribution in [3.8, 4) is 5.75 Å². The number of hydrogen-bond acceptors (Lipinski definition) is 5. The monoisotopic (exact) mass is 408 g/mol. The third-order valence-electron chi connectivity index (χ3n) is 4.64. The first-order valence-corrected chi connectivity index (χ1v) is 9.57. The number of benzene rings is 2. The molecule has 0 saturated heterocycles. The van der Waals surface area contributed by atoms with E-state index in [1.165, 1.54) is 9.47 Å². The van der Waals surface area contributed by atoms with E-state index in [9.17, 15) is 14.4 Å².